The van der Waals surface area contributed by atoms with Gasteiger partial charge in [0.2, 0.25) is 5.88 Å². The highest BCUT2D eigenvalue weighted by atomic mass is 35.5. The molecule has 196 valence electrons. The molecule has 1 unspecified atom stereocenters. The number of ether oxygens (including phenoxy) is 2. The van der Waals surface area contributed by atoms with E-state index in [9.17, 15) is 19.1 Å². The zero-order chi connectivity index (χ0) is 27.1. The van der Waals surface area contributed by atoms with Crippen molar-refractivity contribution in [3.8, 4) is 5.88 Å². The summed E-state index contributed by atoms with van der Waals surface area (Å²) in [6.45, 7) is 14.3. The van der Waals surface area contributed by atoms with Gasteiger partial charge in [-0.3, -0.25) is 4.90 Å². The van der Waals surface area contributed by atoms with E-state index >= 15 is 0 Å². The quantitative estimate of drug-likeness (QED) is 0.438. The number of carbonyl (C=O) groups excluding carboxylic acids is 1. The average molecular weight is 515 g/mol. The molecular weight excluding hydrogens is 479 g/mol. The van der Waals surface area contributed by atoms with Crippen molar-refractivity contribution >= 4 is 40.3 Å². The molecule has 2 N–H and O–H groups in total. The molecule has 0 bridgehead atoms. The number of amides is 1. The number of halogens is 2. The number of methoxy groups -OCH3 is 1. The first kappa shape index (κ1) is 30.2. The van der Waals surface area contributed by atoms with Crippen LogP contribution >= 0.6 is 11.6 Å². The third-order valence-electron chi connectivity index (χ3n) is 5.01. The van der Waals surface area contributed by atoms with Crippen molar-refractivity contribution in [2.24, 2.45) is 0 Å². The lowest BCUT2D eigenvalue weighted by atomic mass is 10.1. The van der Waals surface area contributed by atoms with Gasteiger partial charge >= 0.3 is 12.1 Å². The molecule has 2 heterocycles. The first-order valence-corrected chi connectivity index (χ1v) is 11.9. The molecule has 1 atom stereocenters. The third-order valence-corrected chi connectivity index (χ3v) is 5.26. The number of nitrogens with one attached hydrogen (secondary N) is 1. The molecule has 0 aliphatic rings. The Morgan fingerprint density at radius 3 is 2.29 bits per heavy atom. The van der Waals surface area contributed by atoms with E-state index in [0.29, 0.717) is 16.6 Å². The van der Waals surface area contributed by atoms with Crippen LogP contribution < -0.4 is 10.1 Å². The van der Waals surface area contributed by atoms with Crippen LogP contribution in [-0.2, 0) is 9.53 Å². The van der Waals surface area contributed by atoms with Crippen LogP contribution in [0, 0.1) is 19.7 Å². The number of fused-ring (bicyclic) bond motifs is 1. The fourth-order valence-electron chi connectivity index (χ4n) is 3.37. The Balaban J connectivity index is 0.00000298. The molecule has 0 spiro atoms. The summed E-state index contributed by atoms with van der Waals surface area (Å²) in [7, 11) is 1.39. The number of anilines is 1. The van der Waals surface area contributed by atoms with Gasteiger partial charge in [0.05, 0.1) is 12.5 Å². The maximum atomic E-state index is 14.8. The maximum absolute atomic E-state index is 14.8. The Kier molecular flexibility index (Phi) is 11.0. The number of aryl methyl sites for hydroxylation is 2. The predicted molar refractivity (Wildman–Crippen MR) is 135 cm³/mol. The maximum Gasteiger partial charge on any atom is 0.411 e. The fraction of sp³-hybridized carbons (Fsp3) is 0.583. The van der Waals surface area contributed by atoms with E-state index in [1.807, 2.05) is 13.8 Å². The number of aromatic nitrogens is 2. The highest BCUT2D eigenvalue weighted by Gasteiger charge is 2.31. The van der Waals surface area contributed by atoms with Crippen molar-refractivity contribution in [2.45, 2.75) is 73.5 Å². The topological polar surface area (TPSA) is 114 Å². The van der Waals surface area contributed by atoms with Crippen molar-refractivity contribution in [1.82, 2.24) is 14.9 Å². The standard InChI is InChI=1S/C22H30ClFN4O5.C2H6/c1-8-13(20(29)30)28(21(31)33-22(4,5)6)10-9-25-18-15-14(11(2)12(3)26-18)16(24)17(23)27-19(15)32-7;1-2/h13H,8-10H2,1-7H3,(H,25,26)(H,29,30);1-2H3. The van der Waals surface area contributed by atoms with Gasteiger partial charge in [0.15, 0.2) is 11.0 Å². The van der Waals surface area contributed by atoms with Gasteiger partial charge in [-0.2, -0.15) is 4.98 Å². The molecule has 2 aromatic rings. The Hall–Kier alpha value is -2.88. The highest BCUT2D eigenvalue weighted by Crippen LogP contribution is 2.37. The second-order valence-electron chi connectivity index (χ2n) is 8.51. The molecule has 0 saturated heterocycles. The largest absolute Gasteiger partial charge is 0.480 e. The first-order chi connectivity index (χ1) is 16.3. The molecule has 0 radical (unpaired) electrons. The molecule has 0 aliphatic heterocycles. The Bertz CT molecular complexity index is 1050. The number of carboxylic acids is 1. The third kappa shape index (κ3) is 7.30. The van der Waals surface area contributed by atoms with E-state index in [1.165, 1.54) is 7.11 Å². The Morgan fingerprint density at radius 2 is 1.80 bits per heavy atom. The molecule has 0 aromatic carbocycles. The number of nitrogens with zero attached hydrogens (tertiary/aromatic N) is 3. The number of aliphatic carboxylic acids is 1. The van der Waals surface area contributed by atoms with Crippen LogP contribution in [0.3, 0.4) is 0 Å². The van der Waals surface area contributed by atoms with Crippen LogP contribution in [0.2, 0.25) is 5.15 Å². The smallest absolute Gasteiger partial charge is 0.411 e. The van der Waals surface area contributed by atoms with Crippen molar-refractivity contribution in [3.05, 3.63) is 22.2 Å². The van der Waals surface area contributed by atoms with Crippen LogP contribution in [-0.4, -0.2) is 63.9 Å². The van der Waals surface area contributed by atoms with Crippen molar-refractivity contribution < 1.29 is 28.6 Å². The van der Waals surface area contributed by atoms with Gasteiger partial charge in [0.25, 0.3) is 0 Å². The summed E-state index contributed by atoms with van der Waals surface area (Å²) in [5.41, 5.74) is 0.360. The van der Waals surface area contributed by atoms with E-state index in [0.717, 1.165) is 4.90 Å². The minimum Gasteiger partial charge on any atom is -0.480 e. The second kappa shape index (κ2) is 12.7. The molecule has 2 rings (SSSR count). The summed E-state index contributed by atoms with van der Waals surface area (Å²) in [6.07, 6.45) is -0.547. The van der Waals surface area contributed by atoms with Gasteiger partial charge in [-0.15, -0.1) is 0 Å². The molecule has 0 aliphatic carbocycles. The van der Waals surface area contributed by atoms with E-state index < -0.39 is 29.5 Å². The average Bonchev–Trinajstić information content (AvgIpc) is 2.77. The minimum absolute atomic E-state index is 0.00162. The van der Waals surface area contributed by atoms with Gasteiger partial charge in [-0.25, -0.2) is 19.0 Å². The number of carboxylic acid groups (broad SMARTS) is 1. The van der Waals surface area contributed by atoms with E-state index in [-0.39, 0.29) is 41.7 Å². The number of rotatable bonds is 8. The van der Waals surface area contributed by atoms with E-state index in [4.69, 9.17) is 21.1 Å². The fourth-order valence-corrected chi connectivity index (χ4v) is 3.54. The number of pyridine rings is 2. The summed E-state index contributed by atoms with van der Waals surface area (Å²) in [5.74, 6) is -1.46. The summed E-state index contributed by atoms with van der Waals surface area (Å²) in [5, 5.41) is 12.8. The monoisotopic (exact) mass is 514 g/mol. The van der Waals surface area contributed by atoms with Gasteiger partial charge in [-0.1, -0.05) is 32.4 Å². The van der Waals surface area contributed by atoms with Crippen LogP contribution in [0.15, 0.2) is 0 Å². The van der Waals surface area contributed by atoms with Crippen LogP contribution in [0.5, 0.6) is 5.88 Å². The van der Waals surface area contributed by atoms with Crippen LogP contribution in [0.1, 0.15) is 59.2 Å². The van der Waals surface area contributed by atoms with Crippen molar-refractivity contribution in [1.29, 1.82) is 0 Å². The van der Waals surface area contributed by atoms with Crippen molar-refractivity contribution in [3.63, 3.8) is 0 Å². The molecule has 0 saturated carbocycles. The Morgan fingerprint density at radius 1 is 1.20 bits per heavy atom. The molecule has 9 nitrogen and oxygen atoms in total. The summed E-state index contributed by atoms with van der Waals surface area (Å²) >= 11 is 5.94. The SMILES string of the molecule is CC.CCC(C(=O)O)N(CCNc1nc(C)c(C)c2c(F)c(Cl)nc(OC)c12)C(=O)OC(C)(C)C. The molecule has 11 heteroatoms. The van der Waals surface area contributed by atoms with Gasteiger partial charge in [0.1, 0.15) is 17.5 Å². The lowest BCUT2D eigenvalue weighted by Crippen LogP contribution is -2.48. The highest BCUT2D eigenvalue weighted by molar-refractivity contribution is 6.30. The second-order valence-corrected chi connectivity index (χ2v) is 8.87. The molecular formula is C24H36ClFN4O5. The van der Waals surface area contributed by atoms with Gasteiger partial charge in [-0.05, 0) is 46.6 Å². The molecule has 0 fully saturated rings. The summed E-state index contributed by atoms with van der Waals surface area (Å²) < 4.78 is 25.5. The predicted octanol–water partition coefficient (Wildman–Crippen LogP) is 5.59. The lowest BCUT2D eigenvalue weighted by Gasteiger charge is -2.31. The Labute approximate surface area is 211 Å². The zero-order valence-electron chi connectivity index (χ0n) is 21.9. The number of carbonyl (C=O) groups is 2. The first-order valence-electron chi connectivity index (χ1n) is 11.5. The summed E-state index contributed by atoms with van der Waals surface area (Å²) in [4.78, 5) is 34.0. The van der Waals surface area contributed by atoms with Crippen molar-refractivity contribution in [2.75, 3.05) is 25.5 Å². The van der Waals surface area contributed by atoms with Gasteiger partial charge in [0, 0.05) is 24.2 Å². The van der Waals surface area contributed by atoms with E-state index in [1.54, 1.807) is 41.5 Å². The molecule has 2 aromatic heterocycles. The van der Waals surface area contributed by atoms with Crippen LogP contribution in [0.4, 0.5) is 15.0 Å². The number of hydrogen-bond acceptors (Lipinski definition) is 7. The van der Waals surface area contributed by atoms with Crippen LogP contribution in [0.25, 0.3) is 10.8 Å². The minimum atomic E-state index is -1.14. The van der Waals surface area contributed by atoms with E-state index in [2.05, 4.69) is 15.3 Å². The number of hydrogen-bond donors (Lipinski definition) is 2. The normalized spacial score (nSPS) is 11.9. The molecule has 35 heavy (non-hydrogen) atoms. The zero-order valence-corrected chi connectivity index (χ0v) is 22.6. The molecule has 1 amide bonds. The summed E-state index contributed by atoms with van der Waals surface area (Å²) in [6, 6.07) is -1.07. The van der Waals surface area contributed by atoms with Gasteiger partial charge < -0.3 is 19.9 Å². The lowest BCUT2D eigenvalue weighted by molar-refractivity contribution is -0.143.